The van der Waals surface area contributed by atoms with Gasteiger partial charge in [0.1, 0.15) is 5.82 Å². The highest BCUT2D eigenvalue weighted by molar-refractivity contribution is 6.30. The molecule has 2 heterocycles. The SMILES string of the molecule is O=C(CC1CC2CCC(C1)N2)Nc1ccc(F)cc1-c1ccc(Cl)cc1. The van der Waals surface area contributed by atoms with Gasteiger partial charge in [-0.15, -0.1) is 0 Å². The van der Waals surface area contributed by atoms with Crippen LogP contribution < -0.4 is 10.6 Å². The zero-order valence-corrected chi connectivity index (χ0v) is 15.2. The Labute approximate surface area is 157 Å². The molecule has 2 aliphatic rings. The van der Waals surface area contributed by atoms with E-state index in [2.05, 4.69) is 10.6 Å². The van der Waals surface area contributed by atoms with Crippen molar-refractivity contribution in [1.29, 1.82) is 0 Å². The van der Waals surface area contributed by atoms with Gasteiger partial charge in [-0.3, -0.25) is 4.79 Å². The number of benzene rings is 2. The van der Waals surface area contributed by atoms with Crippen LogP contribution in [0.3, 0.4) is 0 Å². The monoisotopic (exact) mass is 372 g/mol. The van der Waals surface area contributed by atoms with Crippen molar-refractivity contribution in [3.63, 3.8) is 0 Å². The van der Waals surface area contributed by atoms with E-state index in [1.54, 1.807) is 18.2 Å². The molecule has 2 bridgehead atoms. The molecule has 0 aromatic heterocycles. The van der Waals surface area contributed by atoms with Gasteiger partial charge in [-0.1, -0.05) is 23.7 Å². The topological polar surface area (TPSA) is 41.1 Å². The van der Waals surface area contributed by atoms with Crippen LogP contribution in [0.15, 0.2) is 42.5 Å². The van der Waals surface area contributed by atoms with E-state index in [1.165, 1.54) is 25.0 Å². The number of fused-ring (bicyclic) bond motifs is 2. The lowest BCUT2D eigenvalue weighted by Gasteiger charge is -2.28. The minimum atomic E-state index is -0.331. The highest BCUT2D eigenvalue weighted by atomic mass is 35.5. The van der Waals surface area contributed by atoms with Gasteiger partial charge in [0, 0.05) is 34.8 Å². The van der Waals surface area contributed by atoms with Gasteiger partial charge in [0.05, 0.1) is 0 Å². The molecule has 2 atom stereocenters. The summed E-state index contributed by atoms with van der Waals surface area (Å²) in [7, 11) is 0. The van der Waals surface area contributed by atoms with Gasteiger partial charge in [0.15, 0.2) is 0 Å². The average Bonchev–Trinajstić information content (AvgIpc) is 2.96. The van der Waals surface area contributed by atoms with Crippen molar-refractivity contribution >= 4 is 23.2 Å². The van der Waals surface area contributed by atoms with Gasteiger partial charge >= 0.3 is 0 Å². The molecule has 136 valence electrons. The zero-order chi connectivity index (χ0) is 18.1. The molecule has 5 heteroatoms. The summed E-state index contributed by atoms with van der Waals surface area (Å²) < 4.78 is 13.8. The molecule has 26 heavy (non-hydrogen) atoms. The highest BCUT2D eigenvalue weighted by Crippen LogP contribution is 2.34. The molecule has 2 N–H and O–H groups in total. The third kappa shape index (κ3) is 3.92. The quantitative estimate of drug-likeness (QED) is 0.792. The second-order valence-electron chi connectivity index (χ2n) is 7.42. The molecule has 2 aromatic carbocycles. The first kappa shape index (κ1) is 17.5. The predicted octanol–water partition coefficient (Wildman–Crippen LogP) is 5.01. The van der Waals surface area contributed by atoms with E-state index >= 15 is 0 Å². The van der Waals surface area contributed by atoms with Gasteiger partial charge in [-0.05, 0) is 67.5 Å². The molecule has 2 aromatic rings. The number of carbonyl (C=O) groups excluding carboxylic acids is 1. The fraction of sp³-hybridized carbons (Fsp3) is 0.381. The van der Waals surface area contributed by atoms with Crippen LogP contribution in [0.25, 0.3) is 11.1 Å². The molecule has 0 saturated carbocycles. The fourth-order valence-electron chi connectivity index (χ4n) is 4.30. The Balaban J connectivity index is 1.49. The Kier molecular flexibility index (Phi) is 4.96. The maximum atomic E-state index is 13.8. The summed E-state index contributed by atoms with van der Waals surface area (Å²) in [6.07, 6.45) is 5.10. The molecule has 2 unspecified atom stereocenters. The predicted molar refractivity (Wildman–Crippen MR) is 103 cm³/mol. The van der Waals surface area contributed by atoms with Crippen LogP contribution in [0.2, 0.25) is 5.02 Å². The second-order valence-corrected chi connectivity index (χ2v) is 7.86. The smallest absolute Gasteiger partial charge is 0.224 e. The normalized spacial score (nSPS) is 24.5. The Morgan fingerprint density at radius 2 is 1.81 bits per heavy atom. The van der Waals surface area contributed by atoms with Crippen LogP contribution in [0.1, 0.15) is 32.1 Å². The largest absolute Gasteiger partial charge is 0.326 e. The molecule has 2 aliphatic heterocycles. The number of rotatable bonds is 4. The second kappa shape index (κ2) is 7.37. The van der Waals surface area contributed by atoms with Crippen molar-refractivity contribution in [3.8, 4) is 11.1 Å². The van der Waals surface area contributed by atoms with E-state index < -0.39 is 0 Å². The van der Waals surface area contributed by atoms with E-state index in [4.69, 9.17) is 11.6 Å². The van der Waals surface area contributed by atoms with Gasteiger partial charge < -0.3 is 10.6 Å². The summed E-state index contributed by atoms with van der Waals surface area (Å²) in [4.78, 5) is 12.6. The molecule has 3 nitrogen and oxygen atoms in total. The molecular weight excluding hydrogens is 351 g/mol. The van der Waals surface area contributed by atoms with E-state index in [1.807, 2.05) is 12.1 Å². The number of halogens is 2. The van der Waals surface area contributed by atoms with E-state index in [0.717, 1.165) is 18.4 Å². The summed E-state index contributed by atoms with van der Waals surface area (Å²) in [5, 5.41) is 7.21. The zero-order valence-electron chi connectivity index (χ0n) is 14.5. The number of amides is 1. The Morgan fingerprint density at radius 3 is 2.50 bits per heavy atom. The van der Waals surface area contributed by atoms with E-state index in [9.17, 15) is 9.18 Å². The third-order valence-electron chi connectivity index (χ3n) is 5.46. The average molecular weight is 373 g/mol. The summed E-state index contributed by atoms with van der Waals surface area (Å²) in [5.74, 6) is 0.0918. The van der Waals surface area contributed by atoms with Crippen LogP contribution in [0.5, 0.6) is 0 Å². The van der Waals surface area contributed by atoms with E-state index in [0.29, 0.717) is 40.7 Å². The van der Waals surface area contributed by atoms with Crippen molar-refractivity contribution in [2.24, 2.45) is 5.92 Å². The Bertz CT molecular complexity index is 796. The molecule has 0 aliphatic carbocycles. The lowest BCUT2D eigenvalue weighted by molar-refractivity contribution is -0.117. The summed E-state index contributed by atoms with van der Waals surface area (Å²) in [6.45, 7) is 0. The van der Waals surface area contributed by atoms with Crippen LogP contribution in [-0.2, 0) is 4.79 Å². The van der Waals surface area contributed by atoms with Gasteiger partial charge in [-0.25, -0.2) is 4.39 Å². The number of nitrogens with one attached hydrogen (secondary N) is 2. The number of piperidine rings is 1. The lowest BCUT2D eigenvalue weighted by atomic mass is 9.89. The molecule has 2 fully saturated rings. The third-order valence-corrected chi connectivity index (χ3v) is 5.71. The van der Waals surface area contributed by atoms with Crippen molar-refractivity contribution in [2.75, 3.05) is 5.32 Å². The van der Waals surface area contributed by atoms with Crippen molar-refractivity contribution in [1.82, 2.24) is 5.32 Å². The first-order chi connectivity index (χ1) is 12.6. The standard InChI is InChI=1S/C21H22ClFN2O/c22-15-3-1-14(2-4-15)19-12-16(23)5-8-20(19)25-21(26)11-13-9-17-6-7-18(10-13)24-17/h1-5,8,12-13,17-18,24H,6-7,9-11H2,(H,25,26). The molecule has 0 radical (unpaired) electrons. The highest BCUT2D eigenvalue weighted by Gasteiger charge is 2.34. The number of hydrogen-bond acceptors (Lipinski definition) is 2. The van der Waals surface area contributed by atoms with Gasteiger partial charge in [0.2, 0.25) is 5.91 Å². The first-order valence-electron chi connectivity index (χ1n) is 9.18. The molecule has 2 saturated heterocycles. The first-order valence-corrected chi connectivity index (χ1v) is 9.56. The fourth-order valence-corrected chi connectivity index (χ4v) is 4.42. The molecular formula is C21H22ClFN2O. The lowest BCUT2D eigenvalue weighted by Crippen LogP contribution is -2.39. The molecule has 4 rings (SSSR count). The van der Waals surface area contributed by atoms with Crippen molar-refractivity contribution in [3.05, 3.63) is 53.3 Å². The van der Waals surface area contributed by atoms with Crippen LogP contribution >= 0.6 is 11.6 Å². The summed E-state index contributed by atoms with van der Waals surface area (Å²) in [5.41, 5.74) is 2.13. The molecule has 1 amide bonds. The molecule has 0 spiro atoms. The minimum Gasteiger partial charge on any atom is -0.326 e. The van der Waals surface area contributed by atoms with Crippen LogP contribution in [0, 0.1) is 11.7 Å². The maximum Gasteiger partial charge on any atom is 0.224 e. The Morgan fingerprint density at radius 1 is 1.12 bits per heavy atom. The van der Waals surface area contributed by atoms with Crippen LogP contribution in [0.4, 0.5) is 10.1 Å². The van der Waals surface area contributed by atoms with Crippen LogP contribution in [-0.4, -0.2) is 18.0 Å². The maximum absolute atomic E-state index is 13.8. The van der Waals surface area contributed by atoms with Gasteiger partial charge in [0.25, 0.3) is 0 Å². The number of carbonyl (C=O) groups is 1. The van der Waals surface area contributed by atoms with E-state index in [-0.39, 0.29) is 11.7 Å². The summed E-state index contributed by atoms with van der Waals surface area (Å²) >= 11 is 5.94. The number of anilines is 1. The van der Waals surface area contributed by atoms with Crippen molar-refractivity contribution in [2.45, 2.75) is 44.2 Å². The van der Waals surface area contributed by atoms with Gasteiger partial charge in [-0.2, -0.15) is 0 Å². The Hall–Kier alpha value is -1.91. The summed E-state index contributed by atoms with van der Waals surface area (Å²) in [6, 6.07) is 12.8. The number of hydrogen-bond donors (Lipinski definition) is 2. The van der Waals surface area contributed by atoms with Crippen molar-refractivity contribution < 1.29 is 9.18 Å². The minimum absolute atomic E-state index is 0.00174.